The van der Waals surface area contributed by atoms with Crippen LogP contribution < -0.4 is 0 Å². The highest BCUT2D eigenvalue weighted by molar-refractivity contribution is 5.70. The van der Waals surface area contributed by atoms with Gasteiger partial charge in [-0.25, -0.2) is 0 Å². The fraction of sp³-hybridized carbons (Fsp3) is 0.970. The van der Waals surface area contributed by atoms with E-state index in [0.29, 0.717) is 26.1 Å². The van der Waals surface area contributed by atoms with Gasteiger partial charge < -0.3 is 14.2 Å². The van der Waals surface area contributed by atoms with Crippen molar-refractivity contribution in [2.75, 3.05) is 19.8 Å². The van der Waals surface area contributed by atoms with Gasteiger partial charge in [-0.1, -0.05) is 361 Å². The lowest BCUT2D eigenvalue weighted by Gasteiger charge is -2.18. The largest absolute Gasteiger partial charge is 0.462 e. The van der Waals surface area contributed by atoms with Crippen molar-refractivity contribution in [1.82, 2.24) is 0 Å². The zero-order valence-electron chi connectivity index (χ0n) is 49.8. The molecule has 0 bridgehead atoms. The van der Waals surface area contributed by atoms with E-state index in [4.69, 9.17) is 14.2 Å². The third kappa shape index (κ3) is 61.4. The maximum absolute atomic E-state index is 12.9. The van der Waals surface area contributed by atoms with Crippen molar-refractivity contribution in [3.8, 4) is 0 Å². The van der Waals surface area contributed by atoms with Crippen LogP contribution in [-0.2, 0) is 23.8 Å². The predicted octanol–water partition coefficient (Wildman–Crippen LogP) is 23.1. The molecule has 0 aromatic carbocycles. The van der Waals surface area contributed by atoms with Crippen LogP contribution in [0, 0.1) is 0 Å². The van der Waals surface area contributed by atoms with E-state index in [2.05, 4.69) is 20.8 Å². The summed E-state index contributed by atoms with van der Waals surface area (Å²) in [5.41, 5.74) is 0. The topological polar surface area (TPSA) is 61.8 Å². The van der Waals surface area contributed by atoms with E-state index in [1.165, 1.54) is 327 Å². The van der Waals surface area contributed by atoms with Crippen LogP contribution >= 0.6 is 0 Å². The molecular formula is C67H132O5. The first-order chi connectivity index (χ1) is 35.6. The van der Waals surface area contributed by atoms with Gasteiger partial charge in [0, 0.05) is 19.4 Å². The van der Waals surface area contributed by atoms with Crippen LogP contribution in [0.2, 0.25) is 0 Å². The number of unbranched alkanes of at least 4 members (excludes halogenated alkanes) is 53. The number of hydrogen-bond acceptors (Lipinski definition) is 5. The molecule has 0 aliphatic carbocycles. The summed E-state index contributed by atoms with van der Waals surface area (Å²) in [4.78, 5) is 25.7. The van der Waals surface area contributed by atoms with Crippen LogP contribution in [-0.4, -0.2) is 37.9 Å². The van der Waals surface area contributed by atoms with Gasteiger partial charge >= 0.3 is 11.9 Å². The molecule has 0 aromatic heterocycles. The quantitative estimate of drug-likeness (QED) is 0.0449. The Morgan fingerprint density at radius 3 is 0.708 bits per heavy atom. The highest BCUT2D eigenvalue weighted by atomic mass is 16.6. The second kappa shape index (κ2) is 64.2. The number of carbonyl (C=O) groups is 2. The van der Waals surface area contributed by atoms with E-state index < -0.39 is 6.10 Å². The minimum absolute atomic E-state index is 0.0992. The van der Waals surface area contributed by atoms with Gasteiger partial charge in [0.1, 0.15) is 6.61 Å². The third-order valence-corrected chi connectivity index (χ3v) is 15.6. The molecule has 5 nitrogen and oxygen atoms in total. The molecule has 5 heteroatoms. The van der Waals surface area contributed by atoms with Crippen molar-refractivity contribution >= 4 is 11.9 Å². The first kappa shape index (κ1) is 70.9. The minimum atomic E-state index is -0.526. The molecular weight excluding hydrogens is 885 g/mol. The van der Waals surface area contributed by atoms with Crippen LogP contribution in [0.25, 0.3) is 0 Å². The summed E-state index contributed by atoms with van der Waals surface area (Å²) >= 11 is 0. The highest BCUT2D eigenvalue weighted by Gasteiger charge is 2.18. The SMILES string of the molecule is CCCCCCCCCCCCCCCCCCCCCCOCC(COC(=O)CCCCCCCCCCCCCCCCCCCCC)OC(=O)CCCCCCCCCCCCCCCCCCC. The van der Waals surface area contributed by atoms with Gasteiger partial charge in [-0.05, 0) is 19.3 Å². The first-order valence-electron chi connectivity index (χ1n) is 33.6. The Kier molecular flexibility index (Phi) is 63.2. The standard InChI is InChI=1S/C67H132O5/c1-4-7-10-13-16-19-22-25-28-31-33-35-38-41-44-47-50-53-56-59-62-70-63-65(72-67(69)61-58-55-52-49-46-43-40-36-30-27-24-21-18-15-12-9-6-3)64-71-66(68)60-57-54-51-48-45-42-39-37-34-32-29-26-23-20-17-14-11-8-5-2/h65H,4-64H2,1-3H3. The summed E-state index contributed by atoms with van der Waals surface area (Å²) in [6.07, 6.45) is 75.8. The summed E-state index contributed by atoms with van der Waals surface area (Å²) in [5.74, 6) is -0.358. The zero-order chi connectivity index (χ0) is 52.0. The monoisotopic (exact) mass is 1020 g/mol. The fourth-order valence-electron chi connectivity index (χ4n) is 10.6. The fourth-order valence-corrected chi connectivity index (χ4v) is 10.6. The summed E-state index contributed by atoms with van der Waals surface area (Å²) in [5, 5.41) is 0. The van der Waals surface area contributed by atoms with Gasteiger partial charge in [-0.15, -0.1) is 0 Å². The molecule has 0 amide bonds. The van der Waals surface area contributed by atoms with Crippen molar-refractivity contribution in [3.63, 3.8) is 0 Å². The van der Waals surface area contributed by atoms with Gasteiger partial charge in [0.05, 0.1) is 6.61 Å². The van der Waals surface area contributed by atoms with E-state index in [-0.39, 0.29) is 18.5 Å². The van der Waals surface area contributed by atoms with E-state index in [1.54, 1.807) is 0 Å². The van der Waals surface area contributed by atoms with Gasteiger partial charge in [0.15, 0.2) is 6.10 Å². The summed E-state index contributed by atoms with van der Waals surface area (Å²) in [6.45, 7) is 7.95. The molecule has 0 spiro atoms. The molecule has 0 N–H and O–H groups in total. The van der Waals surface area contributed by atoms with E-state index in [0.717, 1.165) is 32.1 Å². The summed E-state index contributed by atoms with van der Waals surface area (Å²) < 4.78 is 17.6. The van der Waals surface area contributed by atoms with Gasteiger partial charge in [-0.3, -0.25) is 9.59 Å². The molecule has 0 fully saturated rings. The Morgan fingerprint density at radius 2 is 0.458 bits per heavy atom. The molecule has 1 unspecified atom stereocenters. The molecule has 0 aliphatic heterocycles. The molecule has 0 radical (unpaired) electrons. The first-order valence-corrected chi connectivity index (χ1v) is 33.6. The normalized spacial score (nSPS) is 12.0. The molecule has 0 aromatic rings. The minimum Gasteiger partial charge on any atom is -0.462 e. The molecule has 0 heterocycles. The number of ether oxygens (including phenoxy) is 3. The summed E-state index contributed by atoms with van der Waals surface area (Å²) in [7, 11) is 0. The zero-order valence-corrected chi connectivity index (χ0v) is 49.8. The molecule has 0 saturated carbocycles. The van der Waals surface area contributed by atoms with E-state index in [1.807, 2.05) is 0 Å². The van der Waals surface area contributed by atoms with Crippen LogP contribution in [0.4, 0.5) is 0 Å². The number of rotatable bonds is 64. The Bertz CT molecular complexity index is 1010. The second-order valence-electron chi connectivity index (χ2n) is 23.1. The molecule has 0 rings (SSSR count). The van der Waals surface area contributed by atoms with Crippen molar-refractivity contribution < 1.29 is 23.8 Å². The molecule has 1 atom stereocenters. The Labute approximate surface area is 452 Å². The lowest BCUT2D eigenvalue weighted by atomic mass is 10.0. The summed E-state index contributed by atoms with van der Waals surface area (Å²) in [6, 6.07) is 0. The second-order valence-corrected chi connectivity index (χ2v) is 23.1. The van der Waals surface area contributed by atoms with E-state index >= 15 is 0 Å². The molecule has 430 valence electrons. The van der Waals surface area contributed by atoms with Crippen molar-refractivity contribution in [2.24, 2.45) is 0 Å². The number of esters is 2. The number of carbonyl (C=O) groups excluding carboxylic acids is 2. The van der Waals surface area contributed by atoms with Crippen LogP contribution in [0.3, 0.4) is 0 Å². The highest BCUT2D eigenvalue weighted by Crippen LogP contribution is 2.19. The van der Waals surface area contributed by atoms with E-state index in [9.17, 15) is 9.59 Å². The predicted molar refractivity (Wildman–Crippen MR) is 316 cm³/mol. The maximum atomic E-state index is 12.9. The smallest absolute Gasteiger partial charge is 0.306 e. The maximum Gasteiger partial charge on any atom is 0.306 e. The van der Waals surface area contributed by atoms with Crippen molar-refractivity contribution in [2.45, 2.75) is 399 Å². The van der Waals surface area contributed by atoms with Crippen molar-refractivity contribution in [3.05, 3.63) is 0 Å². The Balaban J connectivity index is 4.17. The molecule has 0 saturated heterocycles. The molecule has 0 aliphatic rings. The Morgan fingerprint density at radius 1 is 0.250 bits per heavy atom. The lowest BCUT2D eigenvalue weighted by molar-refractivity contribution is -0.163. The third-order valence-electron chi connectivity index (χ3n) is 15.6. The van der Waals surface area contributed by atoms with Crippen LogP contribution in [0.15, 0.2) is 0 Å². The van der Waals surface area contributed by atoms with Crippen LogP contribution in [0.1, 0.15) is 393 Å². The van der Waals surface area contributed by atoms with Crippen molar-refractivity contribution in [1.29, 1.82) is 0 Å². The number of hydrogen-bond donors (Lipinski definition) is 0. The van der Waals surface area contributed by atoms with Gasteiger partial charge in [-0.2, -0.15) is 0 Å². The average Bonchev–Trinajstić information content (AvgIpc) is 3.38. The van der Waals surface area contributed by atoms with Gasteiger partial charge in [0.2, 0.25) is 0 Å². The van der Waals surface area contributed by atoms with Gasteiger partial charge in [0.25, 0.3) is 0 Å². The molecule has 72 heavy (non-hydrogen) atoms. The van der Waals surface area contributed by atoms with Crippen LogP contribution in [0.5, 0.6) is 0 Å². The average molecular weight is 1020 g/mol. The Hall–Kier alpha value is -1.10. The lowest BCUT2D eigenvalue weighted by Crippen LogP contribution is -2.30.